The summed E-state index contributed by atoms with van der Waals surface area (Å²) in [5.41, 5.74) is 1.71. The molecular formula is C25H34ClNO4. The summed E-state index contributed by atoms with van der Waals surface area (Å²) in [6.07, 6.45) is 3.34. The zero-order chi connectivity index (χ0) is 23.1. The Kier molecular flexibility index (Phi) is 6.48. The van der Waals surface area contributed by atoms with Gasteiger partial charge in [-0.15, -0.1) is 0 Å². The Bertz CT molecular complexity index is 895. The lowest BCUT2D eigenvalue weighted by molar-refractivity contribution is -0.150. The fourth-order valence-corrected chi connectivity index (χ4v) is 4.73. The van der Waals surface area contributed by atoms with E-state index in [2.05, 4.69) is 41.5 Å². The molecule has 0 spiro atoms. The number of benzene rings is 1. The van der Waals surface area contributed by atoms with Crippen LogP contribution >= 0.6 is 11.6 Å². The molecule has 0 aromatic heterocycles. The number of ether oxygens (including phenoxy) is 1. The van der Waals surface area contributed by atoms with Crippen LogP contribution in [0.4, 0.5) is 0 Å². The van der Waals surface area contributed by atoms with E-state index in [0.29, 0.717) is 36.6 Å². The van der Waals surface area contributed by atoms with Crippen molar-refractivity contribution < 1.29 is 19.4 Å². The van der Waals surface area contributed by atoms with Gasteiger partial charge in [0.2, 0.25) is 5.91 Å². The number of hydrogen-bond acceptors (Lipinski definition) is 3. The molecule has 170 valence electrons. The SMILES string of the molecule is CC(C)C1=CN(C2CC(C(=O)O)C2)C(=O)CC1(C)c1ccc(OCC(C)(C)C)c(Cl)c1. The Labute approximate surface area is 190 Å². The maximum atomic E-state index is 13.1. The highest BCUT2D eigenvalue weighted by Gasteiger charge is 2.45. The molecule has 0 bridgehead atoms. The summed E-state index contributed by atoms with van der Waals surface area (Å²) in [4.78, 5) is 26.1. The average Bonchev–Trinajstić information content (AvgIpc) is 2.59. The van der Waals surface area contributed by atoms with E-state index >= 15 is 0 Å². The van der Waals surface area contributed by atoms with Crippen LogP contribution in [-0.4, -0.2) is 34.5 Å². The maximum Gasteiger partial charge on any atom is 0.306 e. The van der Waals surface area contributed by atoms with Gasteiger partial charge in [0.15, 0.2) is 0 Å². The lowest BCUT2D eigenvalue weighted by Gasteiger charge is -2.47. The minimum Gasteiger partial charge on any atom is -0.491 e. The second kappa shape index (κ2) is 8.50. The first kappa shape index (κ1) is 23.6. The molecule has 1 heterocycles. The molecule has 1 aliphatic carbocycles. The van der Waals surface area contributed by atoms with Crippen molar-refractivity contribution >= 4 is 23.5 Å². The van der Waals surface area contributed by atoms with Crippen LogP contribution in [0.2, 0.25) is 5.02 Å². The van der Waals surface area contributed by atoms with Gasteiger partial charge in [-0.1, -0.05) is 59.2 Å². The Balaban J connectivity index is 1.88. The molecule has 1 atom stereocenters. The topological polar surface area (TPSA) is 66.8 Å². The van der Waals surface area contributed by atoms with Crippen molar-refractivity contribution in [1.29, 1.82) is 0 Å². The van der Waals surface area contributed by atoms with E-state index in [1.54, 1.807) is 4.90 Å². The van der Waals surface area contributed by atoms with Crippen LogP contribution in [-0.2, 0) is 15.0 Å². The smallest absolute Gasteiger partial charge is 0.306 e. The predicted octanol–water partition coefficient (Wildman–Crippen LogP) is 5.66. The van der Waals surface area contributed by atoms with E-state index in [1.165, 1.54) is 0 Å². The van der Waals surface area contributed by atoms with Gasteiger partial charge in [0.1, 0.15) is 5.75 Å². The third-order valence-electron chi connectivity index (χ3n) is 6.42. The molecule has 6 heteroatoms. The van der Waals surface area contributed by atoms with Crippen LogP contribution in [0.25, 0.3) is 0 Å². The van der Waals surface area contributed by atoms with Crippen molar-refractivity contribution in [2.75, 3.05) is 6.61 Å². The summed E-state index contributed by atoms with van der Waals surface area (Å²) in [7, 11) is 0. The molecular weight excluding hydrogens is 414 g/mol. The molecule has 1 fully saturated rings. The van der Waals surface area contributed by atoms with E-state index in [1.807, 2.05) is 24.4 Å². The number of nitrogens with zero attached hydrogens (tertiary/aromatic N) is 1. The molecule has 1 aromatic carbocycles. The lowest BCUT2D eigenvalue weighted by Crippen LogP contribution is -2.51. The molecule has 1 saturated carbocycles. The summed E-state index contributed by atoms with van der Waals surface area (Å²) in [6, 6.07) is 5.80. The fraction of sp³-hybridized carbons (Fsp3) is 0.600. The van der Waals surface area contributed by atoms with E-state index < -0.39 is 11.4 Å². The van der Waals surface area contributed by atoms with E-state index in [-0.39, 0.29) is 29.2 Å². The van der Waals surface area contributed by atoms with Crippen LogP contribution in [0.3, 0.4) is 0 Å². The molecule has 1 aliphatic heterocycles. The van der Waals surface area contributed by atoms with Gasteiger partial charge < -0.3 is 14.7 Å². The highest BCUT2D eigenvalue weighted by atomic mass is 35.5. The number of amides is 1. The maximum absolute atomic E-state index is 13.1. The molecule has 0 saturated heterocycles. The third kappa shape index (κ3) is 4.92. The van der Waals surface area contributed by atoms with Crippen LogP contribution in [0, 0.1) is 17.3 Å². The summed E-state index contributed by atoms with van der Waals surface area (Å²) in [6.45, 7) is 13.2. The van der Waals surface area contributed by atoms with Crippen LogP contribution < -0.4 is 4.74 Å². The highest BCUT2D eigenvalue weighted by Crippen LogP contribution is 2.46. The number of carbonyl (C=O) groups excluding carboxylic acids is 1. The Morgan fingerprint density at radius 3 is 2.48 bits per heavy atom. The predicted molar refractivity (Wildman–Crippen MR) is 122 cm³/mol. The van der Waals surface area contributed by atoms with E-state index in [0.717, 1.165) is 11.1 Å². The molecule has 1 unspecified atom stereocenters. The van der Waals surface area contributed by atoms with Gasteiger partial charge in [-0.2, -0.15) is 0 Å². The van der Waals surface area contributed by atoms with Gasteiger partial charge in [-0.25, -0.2) is 0 Å². The van der Waals surface area contributed by atoms with Gasteiger partial charge in [0.25, 0.3) is 0 Å². The normalized spacial score (nSPS) is 26.5. The molecule has 31 heavy (non-hydrogen) atoms. The number of halogens is 1. The van der Waals surface area contributed by atoms with Gasteiger partial charge >= 0.3 is 5.97 Å². The molecule has 2 aliphatic rings. The first-order valence-corrected chi connectivity index (χ1v) is 11.4. The Morgan fingerprint density at radius 1 is 1.32 bits per heavy atom. The van der Waals surface area contributed by atoms with Crippen molar-refractivity contribution in [2.24, 2.45) is 17.3 Å². The zero-order valence-electron chi connectivity index (χ0n) is 19.4. The Morgan fingerprint density at radius 2 is 1.97 bits per heavy atom. The molecule has 3 rings (SSSR count). The minimum absolute atomic E-state index is 0.0244. The van der Waals surface area contributed by atoms with Crippen molar-refractivity contribution in [3.8, 4) is 5.75 Å². The van der Waals surface area contributed by atoms with Crippen molar-refractivity contribution in [3.05, 3.63) is 40.6 Å². The zero-order valence-corrected chi connectivity index (χ0v) is 20.1. The standard InChI is InChI=1S/C25H34ClNO4/c1-15(2)19-13-27(18-9-16(10-18)23(29)30)22(28)12-25(19,6)17-7-8-21(20(26)11-17)31-14-24(3,4)5/h7-8,11,13,15-16,18H,9-10,12,14H2,1-6H3,(H,29,30). The molecule has 5 nitrogen and oxygen atoms in total. The highest BCUT2D eigenvalue weighted by molar-refractivity contribution is 6.32. The third-order valence-corrected chi connectivity index (χ3v) is 6.71. The summed E-state index contributed by atoms with van der Waals surface area (Å²) in [5.74, 6) is -0.211. The molecule has 0 radical (unpaired) electrons. The van der Waals surface area contributed by atoms with E-state index in [4.69, 9.17) is 16.3 Å². The summed E-state index contributed by atoms with van der Waals surface area (Å²) in [5, 5.41) is 9.72. The number of allylic oxidation sites excluding steroid dienone is 1. The van der Waals surface area contributed by atoms with Crippen molar-refractivity contribution in [1.82, 2.24) is 4.90 Å². The largest absolute Gasteiger partial charge is 0.491 e. The number of carboxylic acids is 1. The number of rotatable bonds is 6. The second-order valence-electron chi connectivity index (χ2n) is 10.7. The number of aliphatic carboxylic acids is 1. The van der Waals surface area contributed by atoms with Gasteiger partial charge in [-0.05, 0) is 47.4 Å². The van der Waals surface area contributed by atoms with Crippen LogP contribution in [0.1, 0.15) is 66.4 Å². The van der Waals surface area contributed by atoms with Crippen LogP contribution in [0.5, 0.6) is 5.75 Å². The molecule has 1 aromatic rings. The molecule has 1 N–H and O–H groups in total. The van der Waals surface area contributed by atoms with Gasteiger partial charge in [-0.3, -0.25) is 9.59 Å². The average molecular weight is 448 g/mol. The second-order valence-corrected chi connectivity index (χ2v) is 11.1. The lowest BCUT2D eigenvalue weighted by atomic mass is 9.67. The van der Waals surface area contributed by atoms with Gasteiger partial charge in [0.05, 0.1) is 17.5 Å². The first-order chi connectivity index (χ1) is 14.3. The number of hydrogen-bond donors (Lipinski definition) is 1. The van der Waals surface area contributed by atoms with Crippen molar-refractivity contribution in [3.63, 3.8) is 0 Å². The summed E-state index contributed by atoms with van der Waals surface area (Å²) >= 11 is 6.56. The van der Waals surface area contributed by atoms with Gasteiger partial charge in [0, 0.05) is 24.1 Å². The molecule has 1 amide bonds. The van der Waals surface area contributed by atoms with Crippen molar-refractivity contribution in [2.45, 2.75) is 72.3 Å². The summed E-state index contributed by atoms with van der Waals surface area (Å²) < 4.78 is 5.90. The quantitative estimate of drug-likeness (QED) is 0.611. The van der Waals surface area contributed by atoms with Crippen LogP contribution in [0.15, 0.2) is 30.0 Å². The number of carbonyl (C=O) groups is 2. The first-order valence-electron chi connectivity index (χ1n) is 11.0. The monoisotopic (exact) mass is 447 g/mol. The minimum atomic E-state index is -0.776. The number of carboxylic acid groups (broad SMARTS) is 1. The fourth-order valence-electron chi connectivity index (χ4n) is 4.50. The van der Waals surface area contributed by atoms with E-state index in [9.17, 15) is 14.7 Å². The Hall–Kier alpha value is -2.01.